The third-order valence-electron chi connectivity index (χ3n) is 9.10. The van der Waals surface area contributed by atoms with Gasteiger partial charge in [0.25, 0.3) is 11.8 Å². The molecule has 18 nitrogen and oxygen atoms in total. The molecule has 0 aromatic carbocycles. The van der Waals surface area contributed by atoms with Crippen molar-refractivity contribution in [1.82, 2.24) is 49.5 Å². The number of fused-ring (bicyclic) bond motifs is 2. The van der Waals surface area contributed by atoms with E-state index in [-0.39, 0.29) is 11.4 Å². The zero-order valence-corrected chi connectivity index (χ0v) is 30.7. The predicted molar refractivity (Wildman–Crippen MR) is 193 cm³/mol. The number of hydrogen-bond acceptors (Lipinski definition) is 14. The first-order chi connectivity index (χ1) is 26.1. The maximum atomic E-state index is 12.8. The molecular formula is C34H34Cl2N12O6. The van der Waals surface area contributed by atoms with Crippen molar-refractivity contribution in [3.05, 3.63) is 94.3 Å². The summed E-state index contributed by atoms with van der Waals surface area (Å²) in [6.07, 6.45) is 5.56. The summed E-state index contributed by atoms with van der Waals surface area (Å²) >= 11 is 11.8. The van der Waals surface area contributed by atoms with E-state index >= 15 is 0 Å². The Hall–Kier alpha value is -5.56. The maximum absolute atomic E-state index is 12.8. The van der Waals surface area contributed by atoms with E-state index < -0.39 is 36.5 Å². The molecule has 54 heavy (non-hydrogen) atoms. The molecule has 4 amide bonds. The Bertz CT molecular complexity index is 1880. The van der Waals surface area contributed by atoms with Crippen molar-refractivity contribution in [2.75, 3.05) is 76.3 Å². The minimum atomic E-state index is -1.03. The van der Waals surface area contributed by atoms with E-state index in [1.807, 2.05) is 14.1 Å². The zero-order chi connectivity index (χ0) is 37.9. The molecule has 4 aliphatic heterocycles. The summed E-state index contributed by atoms with van der Waals surface area (Å²) in [5.41, 5.74) is 0.874. The number of carbonyl (C=O) groups excluding carboxylic acids is 4. The fraction of sp³-hybridized carbons (Fsp3) is 0.353. The quantitative estimate of drug-likeness (QED) is 0.295. The number of halogens is 2. The van der Waals surface area contributed by atoms with Gasteiger partial charge >= 0.3 is 12.2 Å². The molecule has 1 unspecified atom stereocenters. The van der Waals surface area contributed by atoms with E-state index in [1.54, 1.807) is 34.1 Å². The summed E-state index contributed by atoms with van der Waals surface area (Å²) in [7, 11) is 4.00. The summed E-state index contributed by atoms with van der Waals surface area (Å²) in [5.74, 6) is -0.242. The molecule has 0 aliphatic carbocycles. The molecule has 0 bridgehead atoms. The van der Waals surface area contributed by atoms with Crippen LogP contribution in [0, 0.1) is 0 Å². The normalized spacial score (nSPS) is 19.9. The number of anilines is 2. The fourth-order valence-corrected chi connectivity index (χ4v) is 6.30. The first-order valence-electron chi connectivity index (χ1n) is 16.9. The second kappa shape index (κ2) is 15.8. The van der Waals surface area contributed by atoms with Crippen LogP contribution in [0.1, 0.15) is 44.8 Å². The number of rotatable bonds is 4. The molecule has 20 heteroatoms. The Morgan fingerprint density at radius 2 is 0.944 bits per heavy atom. The van der Waals surface area contributed by atoms with Crippen molar-refractivity contribution in [2.45, 2.75) is 12.5 Å². The number of ether oxygens (including phenoxy) is 2. The van der Waals surface area contributed by atoms with E-state index in [9.17, 15) is 19.2 Å². The fourth-order valence-electron chi connectivity index (χ4n) is 6.08. The van der Waals surface area contributed by atoms with E-state index in [4.69, 9.17) is 32.7 Å². The van der Waals surface area contributed by atoms with Gasteiger partial charge in [-0.1, -0.05) is 23.2 Å². The van der Waals surface area contributed by atoms with E-state index in [1.165, 1.54) is 47.0 Å². The van der Waals surface area contributed by atoms with Crippen LogP contribution in [0.5, 0.6) is 0 Å². The van der Waals surface area contributed by atoms with Gasteiger partial charge in [0.2, 0.25) is 12.5 Å². The monoisotopic (exact) mass is 776 g/mol. The molecule has 0 N–H and O–H groups in total. The molecule has 0 saturated carbocycles. The lowest BCUT2D eigenvalue weighted by atomic mass is 10.3. The van der Waals surface area contributed by atoms with Crippen molar-refractivity contribution in [2.24, 2.45) is 0 Å². The lowest BCUT2D eigenvalue weighted by Crippen LogP contribution is -2.48. The minimum absolute atomic E-state index is 0.144. The Morgan fingerprint density at radius 1 is 0.574 bits per heavy atom. The van der Waals surface area contributed by atoms with Gasteiger partial charge in [-0.05, 0) is 38.4 Å². The number of likely N-dealkylation sites (N-methyl/N-ethyl adjacent to an activating group) is 2. The standard InChI is InChI=1S/2C17H17ClN6O3/c2*1-22-6-8-23(9-7-22)17(26)27-16-14-13(19-4-5-20-14)15(25)24(16)12-3-2-11(18)10-21-12/h2*2-5,10,16H,6-9H2,1H3/t16-;/m0./s1. The van der Waals surface area contributed by atoms with Gasteiger partial charge in [0.05, 0.1) is 10.0 Å². The van der Waals surface area contributed by atoms with Crippen molar-refractivity contribution in [3.63, 3.8) is 0 Å². The molecular weight excluding hydrogens is 743 g/mol. The summed E-state index contributed by atoms with van der Waals surface area (Å²) in [6.45, 7) is 5.28. The van der Waals surface area contributed by atoms with Crippen molar-refractivity contribution in [3.8, 4) is 0 Å². The van der Waals surface area contributed by atoms with Crippen LogP contribution in [0.4, 0.5) is 21.2 Å². The van der Waals surface area contributed by atoms with E-state index in [0.29, 0.717) is 59.2 Å². The smallest absolute Gasteiger partial charge is 0.412 e. The summed E-state index contributed by atoms with van der Waals surface area (Å²) in [4.78, 5) is 86.0. The molecule has 8 heterocycles. The van der Waals surface area contributed by atoms with Crippen LogP contribution in [-0.4, -0.2) is 140 Å². The molecule has 0 spiro atoms. The average Bonchev–Trinajstić information content (AvgIpc) is 3.62. The number of hydrogen-bond donors (Lipinski definition) is 0. The van der Waals surface area contributed by atoms with Gasteiger partial charge in [0, 0.05) is 89.5 Å². The molecule has 280 valence electrons. The van der Waals surface area contributed by atoms with Gasteiger partial charge in [-0.3, -0.25) is 19.6 Å². The lowest BCUT2D eigenvalue weighted by Gasteiger charge is -2.33. The third kappa shape index (κ3) is 7.58. The summed E-state index contributed by atoms with van der Waals surface area (Å²) < 4.78 is 11.4. The van der Waals surface area contributed by atoms with Gasteiger partial charge in [0.15, 0.2) is 11.4 Å². The Balaban J connectivity index is 0.000000167. The van der Waals surface area contributed by atoms with Gasteiger partial charge in [0.1, 0.15) is 23.0 Å². The highest BCUT2D eigenvalue weighted by atomic mass is 35.5. The van der Waals surface area contributed by atoms with Crippen LogP contribution >= 0.6 is 23.2 Å². The van der Waals surface area contributed by atoms with Crippen LogP contribution in [-0.2, 0) is 9.47 Å². The van der Waals surface area contributed by atoms with Gasteiger partial charge in [-0.2, -0.15) is 0 Å². The highest BCUT2D eigenvalue weighted by molar-refractivity contribution is 6.30. The molecule has 4 aliphatic rings. The zero-order valence-electron chi connectivity index (χ0n) is 29.2. The lowest BCUT2D eigenvalue weighted by molar-refractivity contribution is 0.0466. The van der Waals surface area contributed by atoms with Crippen LogP contribution in [0.25, 0.3) is 0 Å². The first-order valence-corrected chi connectivity index (χ1v) is 17.6. The number of pyridine rings is 2. The SMILES string of the molecule is CN1CCN(C(=O)OC2c3nccnc3C(=O)N2c2ccc(Cl)cn2)CC1.CN1CCN(C(=O)O[C@H]2c3nccnc3C(=O)N2c2ccc(Cl)cn2)CC1. The van der Waals surface area contributed by atoms with Gasteiger partial charge in [-0.25, -0.2) is 39.3 Å². The van der Waals surface area contributed by atoms with E-state index in [2.05, 4.69) is 39.7 Å². The summed E-state index contributed by atoms with van der Waals surface area (Å²) in [6, 6.07) is 6.40. The predicted octanol–water partition coefficient (Wildman–Crippen LogP) is 3.14. The Morgan fingerprint density at radius 3 is 1.30 bits per heavy atom. The largest absolute Gasteiger partial charge is 0.419 e. The second-order valence-electron chi connectivity index (χ2n) is 12.7. The third-order valence-corrected chi connectivity index (χ3v) is 9.54. The molecule has 8 rings (SSSR count). The Labute approximate surface area is 319 Å². The van der Waals surface area contributed by atoms with Crippen LogP contribution in [0.2, 0.25) is 10.0 Å². The average molecular weight is 778 g/mol. The highest BCUT2D eigenvalue weighted by Crippen LogP contribution is 2.37. The van der Waals surface area contributed by atoms with Crippen LogP contribution in [0.3, 0.4) is 0 Å². The molecule has 2 fully saturated rings. The van der Waals surface area contributed by atoms with E-state index in [0.717, 1.165) is 26.2 Å². The van der Waals surface area contributed by atoms with Gasteiger partial charge in [-0.15, -0.1) is 0 Å². The number of amides is 4. The van der Waals surface area contributed by atoms with Gasteiger partial charge < -0.3 is 29.1 Å². The van der Waals surface area contributed by atoms with Crippen LogP contribution in [0.15, 0.2) is 61.4 Å². The molecule has 4 aromatic rings. The summed E-state index contributed by atoms with van der Waals surface area (Å²) in [5, 5.41) is 0.871. The number of nitrogens with zero attached hydrogens (tertiary/aromatic N) is 12. The maximum Gasteiger partial charge on any atom is 0.412 e. The molecule has 0 radical (unpaired) electrons. The minimum Gasteiger partial charge on any atom is -0.419 e. The number of piperazine rings is 2. The van der Waals surface area contributed by atoms with Crippen molar-refractivity contribution in [1.29, 1.82) is 0 Å². The number of aromatic nitrogens is 6. The second-order valence-corrected chi connectivity index (χ2v) is 13.5. The Kier molecular flexibility index (Phi) is 10.8. The van der Waals surface area contributed by atoms with Crippen molar-refractivity contribution >= 4 is 58.8 Å². The molecule has 4 aromatic heterocycles. The van der Waals surface area contributed by atoms with Crippen LogP contribution < -0.4 is 9.80 Å². The van der Waals surface area contributed by atoms with Crippen molar-refractivity contribution < 1.29 is 28.7 Å². The molecule has 2 atom stereocenters. The number of carbonyl (C=O) groups is 4. The molecule has 2 saturated heterocycles. The first kappa shape index (κ1) is 36.8. The highest BCUT2D eigenvalue weighted by Gasteiger charge is 2.45. The topological polar surface area (TPSA) is 184 Å².